The van der Waals surface area contributed by atoms with Crippen molar-refractivity contribution in [1.29, 1.82) is 0 Å². The number of aromatic nitrogens is 7. The van der Waals surface area contributed by atoms with E-state index in [1.165, 1.54) is 12.1 Å². The minimum absolute atomic E-state index is 0.265. The molecule has 3 aromatic heterocycles. The molecule has 0 aliphatic rings. The topological polar surface area (TPSA) is 134 Å². The van der Waals surface area contributed by atoms with Crippen molar-refractivity contribution >= 4 is 17.6 Å². The molecule has 0 atom stereocenters. The van der Waals surface area contributed by atoms with E-state index in [-0.39, 0.29) is 5.95 Å². The molecule has 0 aliphatic heterocycles. The molecule has 0 bridgehead atoms. The Kier molecular flexibility index (Phi) is 8.21. The van der Waals surface area contributed by atoms with Crippen LogP contribution in [-0.4, -0.2) is 52.2 Å². The van der Waals surface area contributed by atoms with Gasteiger partial charge in [0.25, 0.3) is 5.82 Å². The van der Waals surface area contributed by atoms with Crippen LogP contribution in [0.5, 0.6) is 0 Å². The quantitative estimate of drug-likeness (QED) is 0.212. The molecule has 17 heteroatoms. The van der Waals surface area contributed by atoms with Gasteiger partial charge in [-0.25, -0.2) is 28.8 Å². The van der Waals surface area contributed by atoms with Crippen LogP contribution in [-0.2, 0) is 11.0 Å². The Labute approximate surface area is 230 Å². The highest BCUT2D eigenvalue weighted by atomic mass is 19.4. The number of H-pyrrole nitrogens is 1. The average Bonchev–Trinajstić information content (AvgIpc) is 3.59. The van der Waals surface area contributed by atoms with Crippen LogP contribution in [0.4, 0.5) is 42.4 Å². The maximum atomic E-state index is 14.4. The Morgan fingerprint density at radius 1 is 0.976 bits per heavy atom. The summed E-state index contributed by atoms with van der Waals surface area (Å²) >= 11 is 0. The molecular weight excluding hydrogens is 577 g/mol. The lowest BCUT2D eigenvalue weighted by Crippen LogP contribution is -2.21. The van der Waals surface area contributed by atoms with E-state index in [1.807, 2.05) is 13.0 Å². The largest absolute Gasteiger partial charge is 0.490 e. The number of carboxylic acids is 1. The van der Waals surface area contributed by atoms with Crippen LogP contribution in [0.1, 0.15) is 11.5 Å². The first kappa shape index (κ1) is 29.6. The summed E-state index contributed by atoms with van der Waals surface area (Å²) in [6.45, 7) is 1.85. The molecule has 0 fully saturated rings. The molecule has 42 heavy (non-hydrogen) atoms. The minimum Gasteiger partial charge on any atom is -0.475 e. The van der Waals surface area contributed by atoms with Gasteiger partial charge in [0.15, 0.2) is 0 Å². The number of nitrogens with zero attached hydrogens (tertiary/aromatic N) is 6. The number of hydrogen-bond acceptors (Lipinski definition) is 7. The van der Waals surface area contributed by atoms with Gasteiger partial charge in [0, 0.05) is 28.7 Å². The van der Waals surface area contributed by atoms with E-state index in [4.69, 9.17) is 9.90 Å². The molecule has 10 nitrogen and oxygen atoms in total. The molecule has 3 N–H and O–H groups in total. The van der Waals surface area contributed by atoms with Crippen molar-refractivity contribution < 1.29 is 40.6 Å². The van der Waals surface area contributed by atoms with Crippen molar-refractivity contribution in [2.45, 2.75) is 19.3 Å². The summed E-state index contributed by atoms with van der Waals surface area (Å²) in [5.74, 6) is -4.12. The first-order valence-electron chi connectivity index (χ1n) is 11.5. The molecule has 0 aliphatic carbocycles. The lowest BCUT2D eigenvalue weighted by molar-refractivity contribution is -0.192. The summed E-state index contributed by atoms with van der Waals surface area (Å²) in [5, 5.41) is 20.4. The number of hydrogen-bond donors (Lipinski definition) is 3. The fourth-order valence-corrected chi connectivity index (χ4v) is 3.46. The van der Waals surface area contributed by atoms with E-state index in [0.717, 1.165) is 22.3 Å². The van der Waals surface area contributed by atoms with Gasteiger partial charge in [-0.15, -0.1) is 5.10 Å². The fraction of sp³-hybridized carbons (Fsp3) is 0.120. The zero-order chi connectivity index (χ0) is 30.7. The number of alkyl halides is 6. The number of aliphatic carboxylic acids is 1. The van der Waals surface area contributed by atoms with Crippen LogP contribution < -0.4 is 5.32 Å². The lowest BCUT2D eigenvalue weighted by atomic mass is 10.0. The zero-order valence-electron chi connectivity index (χ0n) is 21.0. The molecule has 218 valence electrons. The zero-order valence-corrected chi connectivity index (χ0v) is 21.0. The number of aryl methyl sites for hydroxylation is 1. The highest BCUT2D eigenvalue weighted by molar-refractivity contribution is 5.73. The van der Waals surface area contributed by atoms with E-state index in [0.29, 0.717) is 28.2 Å². The molecule has 5 rings (SSSR count). The van der Waals surface area contributed by atoms with Crippen molar-refractivity contribution in [2.75, 3.05) is 5.32 Å². The van der Waals surface area contributed by atoms with Crippen LogP contribution in [0, 0.1) is 12.7 Å². The Hall–Kier alpha value is -5.35. The molecule has 0 unspecified atom stereocenters. The number of benzene rings is 2. The average molecular weight is 594 g/mol. The molecule has 0 spiro atoms. The molecular formula is C25H17F7N8O2. The van der Waals surface area contributed by atoms with Gasteiger partial charge >= 0.3 is 18.3 Å². The number of rotatable bonds is 5. The summed E-state index contributed by atoms with van der Waals surface area (Å²) in [7, 11) is 0. The summed E-state index contributed by atoms with van der Waals surface area (Å²) in [6.07, 6.45) is -5.53. The van der Waals surface area contributed by atoms with Crippen molar-refractivity contribution in [3.05, 3.63) is 84.6 Å². The highest BCUT2D eigenvalue weighted by Gasteiger charge is 2.38. The maximum Gasteiger partial charge on any atom is 0.490 e. The lowest BCUT2D eigenvalue weighted by Gasteiger charge is -2.09. The number of aromatic amines is 1. The van der Waals surface area contributed by atoms with Crippen LogP contribution in [0.25, 0.3) is 28.1 Å². The van der Waals surface area contributed by atoms with E-state index in [1.54, 1.807) is 42.7 Å². The molecule has 0 saturated carbocycles. The van der Waals surface area contributed by atoms with Crippen molar-refractivity contribution in [2.24, 2.45) is 0 Å². The third-order valence-corrected chi connectivity index (χ3v) is 5.37. The Morgan fingerprint density at radius 2 is 1.64 bits per heavy atom. The standard InChI is InChI=1S/C23H16F4N8.C2HF3O2/c1-13-19(11-30-33-13)14-8-15(10-16(24)9-14)20-6-7-28-22(32-20)31-17-2-4-18(5-3-17)35-12-29-21(34-35)23(25,26)27;3-2(4,5)1(6)7/h2-12H,1H3,(H,30,33)(H,28,31,32);(H,6,7). The molecule has 0 saturated heterocycles. The predicted octanol–water partition coefficient (Wildman–Crippen LogP) is 5.96. The van der Waals surface area contributed by atoms with Crippen molar-refractivity contribution in [1.82, 2.24) is 34.9 Å². The normalized spacial score (nSPS) is 11.5. The van der Waals surface area contributed by atoms with Gasteiger partial charge in [0.05, 0.1) is 17.6 Å². The van der Waals surface area contributed by atoms with Crippen LogP contribution in [0.3, 0.4) is 0 Å². The smallest absolute Gasteiger partial charge is 0.475 e. The first-order chi connectivity index (χ1) is 19.7. The van der Waals surface area contributed by atoms with Gasteiger partial charge in [0.1, 0.15) is 12.1 Å². The van der Waals surface area contributed by atoms with Gasteiger partial charge in [-0.2, -0.15) is 31.4 Å². The second kappa shape index (κ2) is 11.6. The summed E-state index contributed by atoms with van der Waals surface area (Å²) < 4.78 is 85.3. The molecule has 3 heterocycles. The Bertz CT molecular complexity index is 1700. The van der Waals surface area contributed by atoms with Crippen LogP contribution >= 0.6 is 0 Å². The SMILES string of the molecule is Cc1[nH]ncc1-c1cc(F)cc(-c2ccnc(Nc3ccc(-n4cnc(C(F)(F)F)n4)cc3)n2)c1.O=C(O)C(F)(F)F. The van der Waals surface area contributed by atoms with Gasteiger partial charge < -0.3 is 10.4 Å². The molecule has 0 radical (unpaired) electrons. The number of anilines is 2. The van der Waals surface area contributed by atoms with Crippen LogP contribution in [0.2, 0.25) is 0 Å². The van der Waals surface area contributed by atoms with Gasteiger partial charge in [0.2, 0.25) is 5.95 Å². The Balaban J connectivity index is 0.000000517. The van der Waals surface area contributed by atoms with E-state index >= 15 is 0 Å². The second-order valence-electron chi connectivity index (χ2n) is 8.39. The van der Waals surface area contributed by atoms with Crippen molar-refractivity contribution in [3.8, 4) is 28.1 Å². The highest BCUT2D eigenvalue weighted by Crippen LogP contribution is 2.29. The monoisotopic (exact) mass is 594 g/mol. The van der Waals surface area contributed by atoms with Gasteiger partial charge in [-0.1, -0.05) is 0 Å². The first-order valence-corrected chi connectivity index (χ1v) is 11.5. The van der Waals surface area contributed by atoms with E-state index in [2.05, 4.69) is 35.6 Å². The van der Waals surface area contributed by atoms with E-state index < -0.39 is 30.0 Å². The Morgan fingerprint density at radius 3 is 2.21 bits per heavy atom. The minimum atomic E-state index is -5.08. The third-order valence-electron chi connectivity index (χ3n) is 5.37. The number of halogens is 7. The summed E-state index contributed by atoms with van der Waals surface area (Å²) in [6, 6.07) is 12.7. The van der Waals surface area contributed by atoms with E-state index in [9.17, 15) is 30.7 Å². The van der Waals surface area contributed by atoms with Crippen LogP contribution in [0.15, 0.2) is 67.3 Å². The fourth-order valence-electron chi connectivity index (χ4n) is 3.46. The van der Waals surface area contributed by atoms with Gasteiger partial charge in [-0.05, 0) is 61.0 Å². The number of nitrogens with one attached hydrogen (secondary N) is 2. The molecule has 0 amide bonds. The summed E-state index contributed by atoms with van der Waals surface area (Å²) in [5.41, 5.74) is 4.32. The molecule has 5 aromatic rings. The number of carbonyl (C=O) groups is 1. The summed E-state index contributed by atoms with van der Waals surface area (Å²) in [4.78, 5) is 20.8. The third kappa shape index (κ3) is 7.23. The maximum absolute atomic E-state index is 14.4. The van der Waals surface area contributed by atoms with Crippen molar-refractivity contribution in [3.63, 3.8) is 0 Å². The predicted molar refractivity (Wildman–Crippen MR) is 133 cm³/mol. The van der Waals surface area contributed by atoms with Gasteiger partial charge in [-0.3, -0.25) is 5.10 Å². The second-order valence-corrected chi connectivity index (χ2v) is 8.39. The number of carboxylic acid groups (broad SMARTS) is 1. The molecule has 2 aromatic carbocycles.